The second kappa shape index (κ2) is 11.9. The van der Waals surface area contributed by atoms with Crippen LogP contribution in [0.1, 0.15) is 22.7 Å². The van der Waals surface area contributed by atoms with Gasteiger partial charge in [0.25, 0.3) is 5.91 Å². The van der Waals surface area contributed by atoms with E-state index in [0.29, 0.717) is 28.3 Å². The molecule has 1 aliphatic rings. The van der Waals surface area contributed by atoms with Crippen molar-refractivity contribution in [3.63, 3.8) is 0 Å². The number of nitrogens with one attached hydrogen (secondary N) is 1. The first kappa shape index (κ1) is 26.7. The van der Waals surface area contributed by atoms with Crippen molar-refractivity contribution in [3.05, 3.63) is 120 Å². The van der Waals surface area contributed by atoms with Crippen LogP contribution in [0.4, 0.5) is 15.8 Å². The van der Waals surface area contributed by atoms with Crippen LogP contribution >= 0.6 is 0 Å². The molecule has 7 nitrogen and oxygen atoms in total. The molecule has 0 aromatic heterocycles. The lowest BCUT2D eigenvalue weighted by Gasteiger charge is -2.32. The molecular weight excluding hydrogens is 509 g/mol. The highest BCUT2D eigenvalue weighted by Gasteiger charge is 2.33. The number of hydrogen-bond donors (Lipinski definition) is 1. The van der Waals surface area contributed by atoms with Gasteiger partial charge in [-0.3, -0.25) is 9.59 Å². The summed E-state index contributed by atoms with van der Waals surface area (Å²) in [4.78, 5) is 31.3. The first-order valence-electron chi connectivity index (χ1n) is 12.9. The lowest BCUT2D eigenvalue weighted by atomic mass is 10.0. The van der Waals surface area contributed by atoms with E-state index in [-0.39, 0.29) is 25.7 Å². The Hall–Kier alpha value is -4.85. The molecule has 0 saturated heterocycles. The zero-order valence-corrected chi connectivity index (χ0v) is 22.3. The molecule has 8 heteroatoms. The van der Waals surface area contributed by atoms with Gasteiger partial charge in [-0.15, -0.1) is 0 Å². The molecule has 4 aromatic rings. The predicted molar refractivity (Wildman–Crippen MR) is 152 cm³/mol. The number of benzene rings is 4. The number of halogens is 1. The van der Waals surface area contributed by atoms with Crippen molar-refractivity contribution in [2.45, 2.75) is 19.0 Å². The van der Waals surface area contributed by atoms with Gasteiger partial charge < -0.3 is 24.6 Å². The molecule has 1 heterocycles. The molecule has 0 fully saturated rings. The smallest absolute Gasteiger partial charge is 0.251 e. The van der Waals surface area contributed by atoms with E-state index in [1.165, 1.54) is 11.0 Å². The fourth-order valence-electron chi connectivity index (χ4n) is 4.62. The maximum absolute atomic E-state index is 14.9. The van der Waals surface area contributed by atoms with Crippen LogP contribution in [0.3, 0.4) is 0 Å². The van der Waals surface area contributed by atoms with E-state index >= 15 is 0 Å². The van der Waals surface area contributed by atoms with Crippen molar-refractivity contribution in [2.75, 3.05) is 31.1 Å². The minimum Gasteiger partial charge on any atom is -0.454 e. The van der Waals surface area contributed by atoms with E-state index in [4.69, 9.17) is 9.47 Å². The van der Waals surface area contributed by atoms with Crippen molar-refractivity contribution >= 4 is 23.2 Å². The largest absolute Gasteiger partial charge is 0.454 e. The van der Waals surface area contributed by atoms with Crippen LogP contribution in [0.25, 0.3) is 0 Å². The monoisotopic (exact) mass is 539 g/mol. The molecule has 2 amide bonds. The van der Waals surface area contributed by atoms with Crippen LogP contribution in [0.15, 0.2) is 97.1 Å². The number of carbonyl (C=O) groups is 2. The van der Waals surface area contributed by atoms with Gasteiger partial charge in [0.2, 0.25) is 12.7 Å². The molecule has 40 heavy (non-hydrogen) atoms. The maximum atomic E-state index is 14.9. The molecule has 0 saturated carbocycles. The SMILES string of the molecule is CN(C)c1ccc(NC(=O)C(c2ccc3c(c2)OCO3)N(Cc2ccccc2F)C(=O)Cc2ccccc2)cc1. The number of ether oxygens (including phenoxy) is 2. The predicted octanol–water partition coefficient (Wildman–Crippen LogP) is 5.57. The molecule has 1 N–H and O–H groups in total. The van der Waals surface area contributed by atoms with Gasteiger partial charge in [-0.05, 0) is 53.6 Å². The average molecular weight is 540 g/mol. The van der Waals surface area contributed by atoms with E-state index in [2.05, 4.69) is 5.32 Å². The summed E-state index contributed by atoms with van der Waals surface area (Å²) in [6.45, 7) is -0.0375. The maximum Gasteiger partial charge on any atom is 0.251 e. The lowest BCUT2D eigenvalue weighted by Crippen LogP contribution is -2.41. The van der Waals surface area contributed by atoms with Crippen molar-refractivity contribution in [3.8, 4) is 11.5 Å². The molecule has 1 unspecified atom stereocenters. The Morgan fingerprint density at radius 2 is 1.57 bits per heavy atom. The number of rotatable bonds is 9. The number of carbonyl (C=O) groups excluding carboxylic acids is 2. The van der Waals surface area contributed by atoms with E-state index in [1.807, 2.05) is 61.5 Å². The zero-order valence-electron chi connectivity index (χ0n) is 22.3. The summed E-state index contributed by atoms with van der Waals surface area (Å²) in [7, 11) is 3.87. The van der Waals surface area contributed by atoms with Crippen LogP contribution in [0.5, 0.6) is 11.5 Å². The quantitative estimate of drug-likeness (QED) is 0.301. The Bertz CT molecular complexity index is 1490. The molecule has 0 spiro atoms. The van der Waals surface area contributed by atoms with Gasteiger partial charge in [0.1, 0.15) is 11.9 Å². The number of amides is 2. The molecule has 4 aromatic carbocycles. The fraction of sp³-hybridized carbons (Fsp3) is 0.188. The van der Waals surface area contributed by atoms with Crippen LogP contribution in [-0.2, 0) is 22.6 Å². The van der Waals surface area contributed by atoms with Crippen LogP contribution in [-0.4, -0.2) is 37.6 Å². The normalized spacial score (nSPS) is 12.5. The summed E-state index contributed by atoms with van der Waals surface area (Å²) in [5.41, 5.74) is 3.16. The van der Waals surface area contributed by atoms with Crippen molar-refractivity contribution in [1.82, 2.24) is 4.90 Å². The van der Waals surface area contributed by atoms with Gasteiger partial charge in [-0.1, -0.05) is 54.6 Å². The van der Waals surface area contributed by atoms with Crippen LogP contribution in [0, 0.1) is 5.82 Å². The molecule has 1 aliphatic heterocycles. The topological polar surface area (TPSA) is 71.1 Å². The fourth-order valence-corrected chi connectivity index (χ4v) is 4.62. The van der Waals surface area contributed by atoms with Gasteiger partial charge >= 0.3 is 0 Å². The minimum absolute atomic E-state index is 0.0428. The minimum atomic E-state index is -1.08. The molecule has 1 atom stereocenters. The lowest BCUT2D eigenvalue weighted by molar-refractivity contribution is -0.139. The second-order valence-electron chi connectivity index (χ2n) is 9.72. The first-order valence-corrected chi connectivity index (χ1v) is 12.9. The Morgan fingerprint density at radius 3 is 2.30 bits per heavy atom. The highest BCUT2D eigenvalue weighted by atomic mass is 19.1. The average Bonchev–Trinajstić information content (AvgIpc) is 3.43. The van der Waals surface area contributed by atoms with E-state index < -0.39 is 17.8 Å². The number of fused-ring (bicyclic) bond motifs is 1. The summed E-state index contributed by atoms with van der Waals surface area (Å²) < 4.78 is 25.9. The summed E-state index contributed by atoms with van der Waals surface area (Å²) in [5.74, 6) is -0.181. The molecule has 5 rings (SSSR count). The van der Waals surface area contributed by atoms with Gasteiger partial charge in [0.15, 0.2) is 11.5 Å². The summed E-state index contributed by atoms with van der Waals surface area (Å²) in [6.07, 6.45) is 0.0428. The molecule has 204 valence electrons. The van der Waals surface area contributed by atoms with E-state index in [9.17, 15) is 14.0 Å². The highest BCUT2D eigenvalue weighted by Crippen LogP contribution is 2.37. The summed E-state index contributed by atoms with van der Waals surface area (Å²) in [6, 6.07) is 27.0. The number of anilines is 2. The zero-order chi connectivity index (χ0) is 28.1. The third-order valence-corrected chi connectivity index (χ3v) is 6.74. The van der Waals surface area contributed by atoms with Gasteiger partial charge in [0.05, 0.1) is 6.42 Å². The highest BCUT2D eigenvalue weighted by molar-refractivity contribution is 5.98. The van der Waals surface area contributed by atoms with Crippen molar-refractivity contribution < 1.29 is 23.5 Å². The van der Waals surface area contributed by atoms with E-state index in [1.54, 1.807) is 48.5 Å². The van der Waals surface area contributed by atoms with Crippen LogP contribution < -0.4 is 19.7 Å². The van der Waals surface area contributed by atoms with Gasteiger partial charge in [-0.25, -0.2) is 4.39 Å². The third kappa shape index (κ3) is 6.07. The molecule has 0 radical (unpaired) electrons. The molecule has 0 bridgehead atoms. The summed E-state index contributed by atoms with van der Waals surface area (Å²) in [5, 5.41) is 2.96. The standard InChI is InChI=1S/C32H30FN3O4/c1-35(2)26-15-13-25(14-16-26)34-32(38)31(23-12-17-28-29(19-23)40-21-39-28)36(20-24-10-6-7-11-27(24)33)30(37)18-22-8-4-3-5-9-22/h3-17,19,31H,18,20-21H2,1-2H3,(H,34,38). The Labute approximate surface area is 232 Å². The van der Waals surface area contributed by atoms with E-state index in [0.717, 1.165) is 11.3 Å². The second-order valence-corrected chi connectivity index (χ2v) is 9.72. The summed E-state index contributed by atoms with van der Waals surface area (Å²) >= 11 is 0. The number of hydrogen-bond acceptors (Lipinski definition) is 5. The van der Waals surface area contributed by atoms with Crippen LogP contribution in [0.2, 0.25) is 0 Å². The molecule has 0 aliphatic carbocycles. The Kier molecular flexibility index (Phi) is 7.96. The molecular formula is C32H30FN3O4. The first-order chi connectivity index (χ1) is 19.4. The van der Waals surface area contributed by atoms with Crippen molar-refractivity contribution in [2.24, 2.45) is 0 Å². The van der Waals surface area contributed by atoms with Gasteiger partial charge in [0, 0.05) is 37.6 Å². The number of nitrogens with zero attached hydrogens (tertiary/aromatic N) is 2. The Morgan fingerprint density at radius 1 is 0.875 bits per heavy atom. The third-order valence-electron chi connectivity index (χ3n) is 6.74. The van der Waals surface area contributed by atoms with Crippen molar-refractivity contribution in [1.29, 1.82) is 0 Å². The van der Waals surface area contributed by atoms with Gasteiger partial charge in [-0.2, -0.15) is 0 Å². The Balaban J connectivity index is 1.55.